The average Bonchev–Trinajstić information content (AvgIpc) is 3.10. The summed E-state index contributed by atoms with van der Waals surface area (Å²) in [6.07, 6.45) is 4.60. The summed E-state index contributed by atoms with van der Waals surface area (Å²) < 4.78 is 0. The van der Waals surface area contributed by atoms with Gasteiger partial charge < -0.3 is 5.32 Å². The van der Waals surface area contributed by atoms with Crippen LogP contribution in [-0.2, 0) is 5.41 Å². The highest BCUT2D eigenvalue weighted by molar-refractivity contribution is 6.20. The maximum absolute atomic E-state index is 3.87. The van der Waals surface area contributed by atoms with Crippen molar-refractivity contribution in [1.82, 2.24) is 5.32 Å². The zero-order valence-corrected chi connectivity index (χ0v) is 18.9. The number of allylic oxidation sites excluding steroid dienone is 2. The first kappa shape index (κ1) is 18.7. The molecular formula is C32H25N. The summed E-state index contributed by atoms with van der Waals surface area (Å²) in [5.74, 6) is 0. The van der Waals surface area contributed by atoms with Gasteiger partial charge in [0.1, 0.15) is 0 Å². The van der Waals surface area contributed by atoms with Crippen LogP contribution in [0.3, 0.4) is 0 Å². The maximum Gasteiger partial charge on any atom is 0.0742 e. The van der Waals surface area contributed by atoms with E-state index in [4.69, 9.17) is 0 Å². The van der Waals surface area contributed by atoms with Gasteiger partial charge >= 0.3 is 0 Å². The first-order valence-electron chi connectivity index (χ1n) is 11.7. The molecule has 0 bridgehead atoms. The third-order valence-corrected chi connectivity index (χ3v) is 7.74. The van der Waals surface area contributed by atoms with Gasteiger partial charge in [-0.1, -0.05) is 105 Å². The summed E-state index contributed by atoms with van der Waals surface area (Å²) in [6.45, 7) is 4.67. The molecule has 0 spiro atoms. The molecule has 1 heteroatoms. The Hall–Kier alpha value is -3.84. The molecule has 5 aromatic rings. The van der Waals surface area contributed by atoms with Crippen molar-refractivity contribution in [2.24, 2.45) is 0 Å². The zero-order valence-electron chi connectivity index (χ0n) is 18.9. The Morgan fingerprint density at radius 1 is 0.667 bits per heavy atom. The van der Waals surface area contributed by atoms with E-state index in [2.05, 4.69) is 122 Å². The quantitative estimate of drug-likeness (QED) is 0.269. The van der Waals surface area contributed by atoms with Crippen LogP contribution >= 0.6 is 0 Å². The second-order valence-electron chi connectivity index (χ2n) is 9.88. The van der Waals surface area contributed by atoms with Gasteiger partial charge in [0.25, 0.3) is 0 Å². The fourth-order valence-corrected chi connectivity index (χ4v) is 6.02. The molecule has 2 aliphatic rings. The molecule has 1 aliphatic heterocycles. The minimum absolute atomic E-state index is 0.0552. The number of dihydropyridines is 1. The Morgan fingerprint density at radius 3 is 2.30 bits per heavy atom. The number of benzene rings is 5. The first-order valence-corrected chi connectivity index (χ1v) is 11.7. The van der Waals surface area contributed by atoms with Crippen molar-refractivity contribution in [3.8, 4) is 0 Å². The predicted molar refractivity (Wildman–Crippen MR) is 140 cm³/mol. The molecule has 1 heterocycles. The van der Waals surface area contributed by atoms with Gasteiger partial charge in [0.05, 0.1) is 6.04 Å². The lowest BCUT2D eigenvalue weighted by Gasteiger charge is -2.29. The summed E-state index contributed by atoms with van der Waals surface area (Å²) in [7, 11) is 0. The third-order valence-electron chi connectivity index (χ3n) is 7.74. The summed E-state index contributed by atoms with van der Waals surface area (Å²) in [4.78, 5) is 0. The van der Waals surface area contributed by atoms with Crippen LogP contribution in [-0.4, -0.2) is 0 Å². The standard InChI is InChI=1S/C32H25N/c1-32(2)27-10-6-5-9-26(27)31-28(32)17-18-29(33-31)23-15-16-25-22(19-23)14-13-21-12-11-20-7-3-4-8-24(20)30(21)25/h3-19,31,33H,1-2H3. The van der Waals surface area contributed by atoms with Gasteiger partial charge in [0.2, 0.25) is 0 Å². The van der Waals surface area contributed by atoms with Crippen molar-refractivity contribution in [3.63, 3.8) is 0 Å². The molecule has 0 saturated carbocycles. The molecule has 0 aromatic heterocycles. The normalized spacial score (nSPS) is 18.5. The third kappa shape index (κ3) is 2.60. The highest BCUT2D eigenvalue weighted by Gasteiger charge is 2.42. The predicted octanol–water partition coefficient (Wildman–Crippen LogP) is 8.05. The highest BCUT2D eigenvalue weighted by atomic mass is 15.0. The number of rotatable bonds is 1. The Labute approximate surface area is 194 Å². The fraction of sp³-hybridized carbons (Fsp3) is 0.125. The van der Waals surface area contributed by atoms with Crippen LogP contribution in [0, 0.1) is 0 Å². The molecular weight excluding hydrogens is 398 g/mol. The number of hydrogen-bond donors (Lipinski definition) is 1. The average molecular weight is 424 g/mol. The van der Waals surface area contributed by atoms with Gasteiger partial charge in [-0.2, -0.15) is 0 Å². The van der Waals surface area contributed by atoms with Gasteiger partial charge in [0, 0.05) is 11.1 Å². The summed E-state index contributed by atoms with van der Waals surface area (Å²) in [5, 5.41) is 11.7. The van der Waals surface area contributed by atoms with Crippen molar-refractivity contribution >= 4 is 38.0 Å². The summed E-state index contributed by atoms with van der Waals surface area (Å²) >= 11 is 0. The molecule has 0 amide bonds. The monoisotopic (exact) mass is 423 g/mol. The van der Waals surface area contributed by atoms with E-state index in [1.54, 1.807) is 0 Å². The van der Waals surface area contributed by atoms with Crippen molar-refractivity contribution in [2.45, 2.75) is 25.3 Å². The number of hydrogen-bond acceptors (Lipinski definition) is 1. The Morgan fingerprint density at radius 2 is 1.39 bits per heavy atom. The van der Waals surface area contributed by atoms with Crippen LogP contribution in [0.5, 0.6) is 0 Å². The van der Waals surface area contributed by atoms with E-state index in [9.17, 15) is 0 Å². The van der Waals surface area contributed by atoms with Crippen molar-refractivity contribution in [3.05, 3.63) is 125 Å². The van der Waals surface area contributed by atoms with Gasteiger partial charge in [-0.25, -0.2) is 0 Å². The maximum atomic E-state index is 3.87. The lowest BCUT2D eigenvalue weighted by molar-refractivity contribution is 0.595. The van der Waals surface area contributed by atoms with E-state index in [0.29, 0.717) is 0 Å². The van der Waals surface area contributed by atoms with Gasteiger partial charge in [-0.3, -0.25) is 0 Å². The highest BCUT2D eigenvalue weighted by Crippen LogP contribution is 2.50. The van der Waals surface area contributed by atoms with E-state index in [1.807, 2.05) is 0 Å². The van der Waals surface area contributed by atoms with Crippen LogP contribution < -0.4 is 5.32 Å². The van der Waals surface area contributed by atoms with E-state index in [0.717, 1.165) is 0 Å². The largest absolute Gasteiger partial charge is 0.374 e. The van der Waals surface area contributed by atoms with E-state index in [-0.39, 0.29) is 11.5 Å². The van der Waals surface area contributed by atoms with Gasteiger partial charge in [-0.05, 0) is 66.7 Å². The molecule has 1 atom stereocenters. The van der Waals surface area contributed by atoms with E-state index < -0.39 is 0 Å². The van der Waals surface area contributed by atoms with Gasteiger partial charge in [-0.15, -0.1) is 0 Å². The van der Waals surface area contributed by atoms with E-state index >= 15 is 0 Å². The molecule has 1 aliphatic carbocycles. The summed E-state index contributed by atoms with van der Waals surface area (Å²) in [5.41, 5.74) is 6.76. The van der Waals surface area contributed by atoms with Crippen LogP contribution in [0.25, 0.3) is 38.0 Å². The molecule has 0 saturated heterocycles. The first-order chi connectivity index (χ1) is 16.1. The molecule has 1 N–H and O–H groups in total. The molecule has 158 valence electrons. The zero-order chi connectivity index (χ0) is 22.2. The second kappa shape index (κ2) is 6.59. The number of fused-ring (bicyclic) bond motifs is 8. The van der Waals surface area contributed by atoms with Crippen LogP contribution in [0.2, 0.25) is 0 Å². The Kier molecular flexibility index (Phi) is 3.73. The van der Waals surface area contributed by atoms with Crippen LogP contribution in [0.4, 0.5) is 0 Å². The molecule has 7 rings (SSSR count). The van der Waals surface area contributed by atoms with Crippen LogP contribution in [0.1, 0.15) is 36.6 Å². The van der Waals surface area contributed by atoms with Gasteiger partial charge in [0.15, 0.2) is 0 Å². The minimum Gasteiger partial charge on any atom is -0.374 e. The summed E-state index contributed by atoms with van der Waals surface area (Å²) in [6, 6.07) is 33.7. The molecule has 1 unspecified atom stereocenters. The Balaban J connectivity index is 1.37. The molecule has 0 radical (unpaired) electrons. The fourth-order valence-electron chi connectivity index (χ4n) is 6.02. The van der Waals surface area contributed by atoms with E-state index in [1.165, 1.54) is 60.3 Å². The molecule has 1 nitrogen and oxygen atoms in total. The van der Waals surface area contributed by atoms with Crippen LogP contribution in [0.15, 0.2) is 109 Å². The lowest BCUT2D eigenvalue weighted by Crippen LogP contribution is -2.26. The van der Waals surface area contributed by atoms with Crippen molar-refractivity contribution in [1.29, 1.82) is 0 Å². The molecule has 5 aromatic carbocycles. The topological polar surface area (TPSA) is 12.0 Å². The molecule has 33 heavy (non-hydrogen) atoms. The van der Waals surface area contributed by atoms with Crippen molar-refractivity contribution < 1.29 is 0 Å². The Bertz CT molecular complexity index is 1670. The lowest BCUT2D eigenvalue weighted by atomic mass is 9.81. The SMILES string of the molecule is CC1(C)C2=CC=C(c3ccc4c(ccc5ccc6ccccc6c54)c3)NC2c2ccccc21. The number of nitrogens with one attached hydrogen (secondary N) is 1. The second-order valence-corrected chi connectivity index (χ2v) is 9.88. The minimum atomic E-state index is 0.0552. The smallest absolute Gasteiger partial charge is 0.0742 e. The molecule has 0 fully saturated rings. The van der Waals surface area contributed by atoms with Crippen molar-refractivity contribution in [2.75, 3.05) is 0 Å².